The van der Waals surface area contributed by atoms with Gasteiger partial charge in [-0.15, -0.1) is 0 Å². The number of nitrogens with zero attached hydrogens (tertiary/aromatic N) is 2. The van der Waals surface area contributed by atoms with Crippen LogP contribution < -0.4 is 11.3 Å². The molecule has 0 bridgehead atoms. The van der Waals surface area contributed by atoms with Crippen LogP contribution in [-0.4, -0.2) is 27.0 Å². The van der Waals surface area contributed by atoms with E-state index < -0.39 is 17.3 Å². The quantitative estimate of drug-likeness (QED) is 0.447. The highest BCUT2D eigenvalue weighted by atomic mass is 19.1. The van der Waals surface area contributed by atoms with Crippen LogP contribution in [0.4, 0.5) is 4.39 Å². The Morgan fingerprint density at radius 2 is 1.78 bits per heavy atom. The molecule has 2 N–H and O–H groups in total. The molecule has 3 aromatic rings. The fraction of sp³-hybridized carbons (Fsp3) is 0.333. The van der Waals surface area contributed by atoms with Gasteiger partial charge >= 0.3 is 5.97 Å². The number of halogens is 1. The molecule has 32 heavy (non-hydrogen) atoms. The van der Waals surface area contributed by atoms with Crippen molar-refractivity contribution in [1.29, 1.82) is 0 Å². The van der Waals surface area contributed by atoms with Crippen LogP contribution in [0.2, 0.25) is 0 Å². The Kier molecular flexibility index (Phi) is 6.72. The van der Waals surface area contributed by atoms with Gasteiger partial charge in [0.05, 0.1) is 16.6 Å². The van der Waals surface area contributed by atoms with Gasteiger partial charge in [0.15, 0.2) is 0 Å². The zero-order valence-electron chi connectivity index (χ0n) is 18.4. The predicted molar refractivity (Wildman–Crippen MR) is 119 cm³/mol. The monoisotopic (exact) mass is 439 g/mol. The molecule has 2 aromatic carbocycles. The van der Waals surface area contributed by atoms with Crippen LogP contribution in [0, 0.1) is 5.82 Å². The Labute approximate surface area is 185 Å². The Morgan fingerprint density at radius 1 is 1.09 bits per heavy atom. The van der Waals surface area contributed by atoms with Crippen molar-refractivity contribution < 1.29 is 18.7 Å². The molecule has 0 aliphatic heterocycles. The number of hydrogen-bond acceptors (Lipinski definition) is 5. The number of aromatic nitrogens is 2. The minimum absolute atomic E-state index is 0.247. The van der Waals surface area contributed by atoms with E-state index in [-0.39, 0.29) is 23.5 Å². The molecule has 0 radical (unpaired) electrons. The molecule has 0 saturated carbocycles. The van der Waals surface area contributed by atoms with Crippen LogP contribution in [0.1, 0.15) is 56.2 Å². The summed E-state index contributed by atoms with van der Waals surface area (Å²) in [5, 5.41) is 0.317. The molecule has 0 aliphatic rings. The third-order valence-electron chi connectivity index (χ3n) is 4.76. The van der Waals surface area contributed by atoms with E-state index in [1.54, 1.807) is 0 Å². The molecule has 0 saturated heterocycles. The van der Waals surface area contributed by atoms with Gasteiger partial charge in [0.1, 0.15) is 17.2 Å². The minimum Gasteiger partial charge on any atom is -0.460 e. The van der Waals surface area contributed by atoms with Crippen LogP contribution in [0.25, 0.3) is 16.6 Å². The zero-order chi connectivity index (χ0) is 23.5. The van der Waals surface area contributed by atoms with Crippen molar-refractivity contribution in [1.82, 2.24) is 9.55 Å². The third-order valence-corrected chi connectivity index (χ3v) is 4.76. The van der Waals surface area contributed by atoms with Crippen molar-refractivity contribution in [2.75, 3.05) is 0 Å². The molecule has 1 heterocycles. The fourth-order valence-electron chi connectivity index (χ4n) is 3.35. The maximum Gasteiger partial charge on any atom is 0.306 e. The smallest absolute Gasteiger partial charge is 0.306 e. The Morgan fingerprint density at radius 3 is 2.41 bits per heavy atom. The zero-order valence-corrected chi connectivity index (χ0v) is 18.4. The normalized spacial score (nSPS) is 11.5. The number of carbonyl (C=O) groups is 2. The number of aryl methyl sites for hydroxylation is 1. The highest BCUT2D eigenvalue weighted by Gasteiger charge is 2.17. The second-order valence-corrected chi connectivity index (χ2v) is 8.53. The molecule has 168 valence electrons. The van der Waals surface area contributed by atoms with Gasteiger partial charge in [-0.3, -0.25) is 19.0 Å². The first kappa shape index (κ1) is 23.1. The van der Waals surface area contributed by atoms with Crippen molar-refractivity contribution in [3.63, 3.8) is 0 Å². The lowest BCUT2D eigenvalue weighted by atomic mass is 10.1. The number of primary amides is 1. The SMILES string of the molecule is CC(C)(C)OC(=O)CCCCc1nc2cc(C(N)=O)ccc2c(=O)n1-c1ccc(F)cc1. The number of amides is 1. The number of ether oxygens (including phenoxy) is 1. The molecular formula is C24H26FN3O4. The topological polar surface area (TPSA) is 104 Å². The lowest BCUT2D eigenvalue weighted by Gasteiger charge is -2.19. The average molecular weight is 439 g/mol. The number of rotatable bonds is 7. The number of carbonyl (C=O) groups excluding carboxylic acids is 2. The second-order valence-electron chi connectivity index (χ2n) is 8.53. The first-order valence-corrected chi connectivity index (χ1v) is 10.4. The summed E-state index contributed by atoms with van der Waals surface area (Å²) in [5.74, 6) is -0.873. The van der Waals surface area contributed by atoms with Crippen LogP contribution in [0.15, 0.2) is 47.3 Å². The van der Waals surface area contributed by atoms with E-state index >= 15 is 0 Å². The maximum absolute atomic E-state index is 13.4. The average Bonchev–Trinajstić information content (AvgIpc) is 2.70. The highest BCUT2D eigenvalue weighted by Crippen LogP contribution is 2.18. The molecule has 0 atom stereocenters. The van der Waals surface area contributed by atoms with E-state index in [4.69, 9.17) is 10.5 Å². The molecule has 0 aliphatic carbocycles. The Bertz CT molecular complexity index is 1210. The van der Waals surface area contributed by atoms with E-state index in [0.717, 1.165) is 0 Å². The van der Waals surface area contributed by atoms with E-state index in [0.29, 0.717) is 41.7 Å². The van der Waals surface area contributed by atoms with E-state index in [1.165, 1.54) is 47.0 Å². The Hall–Kier alpha value is -3.55. The number of esters is 1. The molecule has 0 fully saturated rings. The van der Waals surface area contributed by atoms with Crippen molar-refractivity contribution in [3.05, 3.63) is 70.0 Å². The fourth-order valence-corrected chi connectivity index (χ4v) is 3.35. The summed E-state index contributed by atoms with van der Waals surface area (Å²) in [6.45, 7) is 5.43. The van der Waals surface area contributed by atoms with Crippen molar-refractivity contribution in [3.8, 4) is 5.69 Å². The molecule has 3 rings (SSSR count). The second kappa shape index (κ2) is 9.30. The molecule has 0 spiro atoms. The number of benzene rings is 2. The summed E-state index contributed by atoms with van der Waals surface area (Å²) in [5.41, 5.74) is 5.56. The van der Waals surface area contributed by atoms with Gasteiger partial charge in [-0.2, -0.15) is 0 Å². The summed E-state index contributed by atoms with van der Waals surface area (Å²) in [4.78, 5) is 41.3. The lowest BCUT2D eigenvalue weighted by Crippen LogP contribution is -2.25. The minimum atomic E-state index is -0.615. The van der Waals surface area contributed by atoms with Gasteiger partial charge in [0.25, 0.3) is 5.56 Å². The largest absolute Gasteiger partial charge is 0.460 e. The number of fused-ring (bicyclic) bond motifs is 1. The van der Waals surface area contributed by atoms with Gasteiger partial charge in [-0.25, -0.2) is 9.37 Å². The Balaban J connectivity index is 1.93. The summed E-state index contributed by atoms with van der Waals surface area (Å²) in [7, 11) is 0. The van der Waals surface area contributed by atoms with Gasteiger partial charge in [0.2, 0.25) is 5.91 Å². The summed E-state index contributed by atoms with van der Waals surface area (Å²) >= 11 is 0. The summed E-state index contributed by atoms with van der Waals surface area (Å²) in [6.07, 6.45) is 1.77. The number of nitrogens with two attached hydrogens (primary N) is 1. The molecule has 1 amide bonds. The van der Waals surface area contributed by atoms with Gasteiger partial charge in [0, 0.05) is 18.4 Å². The third kappa shape index (κ3) is 5.57. The van der Waals surface area contributed by atoms with Crippen molar-refractivity contribution >= 4 is 22.8 Å². The maximum atomic E-state index is 13.4. The summed E-state index contributed by atoms with van der Waals surface area (Å²) in [6, 6.07) is 10.0. The molecule has 1 aromatic heterocycles. The standard InChI is InChI=1S/C24H26FN3O4/c1-24(2,3)32-21(29)7-5-4-6-20-27-19-14-15(22(26)30)8-13-18(19)23(31)28(20)17-11-9-16(25)10-12-17/h8-14H,4-7H2,1-3H3,(H2,26,30). The van der Waals surface area contributed by atoms with Crippen LogP contribution in [-0.2, 0) is 16.0 Å². The number of unbranched alkanes of at least 4 members (excludes halogenated alkanes) is 1. The molecule has 0 unspecified atom stereocenters. The van der Waals surface area contributed by atoms with E-state index in [2.05, 4.69) is 4.98 Å². The van der Waals surface area contributed by atoms with Crippen LogP contribution in [0.5, 0.6) is 0 Å². The number of hydrogen-bond donors (Lipinski definition) is 1. The molecular weight excluding hydrogens is 413 g/mol. The predicted octanol–water partition coefficient (Wildman–Crippen LogP) is 3.68. The van der Waals surface area contributed by atoms with Gasteiger partial charge < -0.3 is 10.5 Å². The van der Waals surface area contributed by atoms with Crippen LogP contribution >= 0.6 is 0 Å². The van der Waals surface area contributed by atoms with Crippen LogP contribution in [0.3, 0.4) is 0 Å². The van der Waals surface area contributed by atoms with Gasteiger partial charge in [-0.05, 0) is 76.1 Å². The lowest BCUT2D eigenvalue weighted by molar-refractivity contribution is -0.154. The molecule has 8 heteroatoms. The van der Waals surface area contributed by atoms with Crippen molar-refractivity contribution in [2.45, 2.75) is 52.1 Å². The van der Waals surface area contributed by atoms with E-state index in [9.17, 15) is 18.8 Å². The molecule has 7 nitrogen and oxygen atoms in total. The first-order chi connectivity index (χ1) is 15.0. The highest BCUT2D eigenvalue weighted by molar-refractivity contribution is 5.96. The summed E-state index contributed by atoms with van der Waals surface area (Å²) < 4.78 is 20.2. The first-order valence-electron chi connectivity index (χ1n) is 10.4. The van der Waals surface area contributed by atoms with Crippen molar-refractivity contribution in [2.24, 2.45) is 5.73 Å². The van der Waals surface area contributed by atoms with E-state index in [1.807, 2.05) is 20.8 Å². The van der Waals surface area contributed by atoms with Gasteiger partial charge in [-0.1, -0.05) is 0 Å².